The Hall–Kier alpha value is -1.97. The number of azide groups is 1. The molecule has 0 aromatic carbocycles. The zero-order valence-corrected chi connectivity index (χ0v) is 9.43. The number of hydrogen-bond donors (Lipinski definition) is 0. The van der Waals surface area contributed by atoms with Crippen LogP contribution in [-0.2, 0) is 0 Å². The Morgan fingerprint density at radius 2 is 2.00 bits per heavy atom. The number of nitrogens with zero attached hydrogens (tertiary/aromatic N) is 5. The lowest BCUT2D eigenvalue weighted by Gasteiger charge is -2.15. The number of nitriles is 2. The molecule has 0 aliphatic heterocycles. The SMILES string of the molecule is CC/C=C\CCC(C#N)(C#N)CCN=[N+]=[N-]. The Morgan fingerprint density at radius 3 is 2.50 bits per heavy atom. The number of allylic oxidation sites excluding steroid dienone is 2. The molecule has 0 radical (unpaired) electrons. The van der Waals surface area contributed by atoms with Gasteiger partial charge in [-0.2, -0.15) is 10.5 Å². The van der Waals surface area contributed by atoms with Gasteiger partial charge in [0.25, 0.3) is 0 Å². The molecule has 0 aliphatic rings. The van der Waals surface area contributed by atoms with Crippen molar-refractivity contribution in [2.24, 2.45) is 10.5 Å². The van der Waals surface area contributed by atoms with Crippen molar-refractivity contribution < 1.29 is 0 Å². The summed E-state index contributed by atoms with van der Waals surface area (Å²) in [4.78, 5) is 2.61. The summed E-state index contributed by atoms with van der Waals surface area (Å²) in [5.41, 5.74) is 7.11. The van der Waals surface area contributed by atoms with E-state index in [-0.39, 0.29) is 6.54 Å². The number of rotatable bonds is 7. The highest BCUT2D eigenvalue weighted by Crippen LogP contribution is 2.26. The Morgan fingerprint density at radius 1 is 1.31 bits per heavy atom. The van der Waals surface area contributed by atoms with E-state index in [0.717, 1.165) is 6.42 Å². The molecule has 0 unspecified atom stereocenters. The van der Waals surface area contributed by atoms with Gasteiger partial charge < -0.3 is 0 Å². The van der Waals surface area contributed by atoms with Crippen molar-refractivity contribution in [1.29, 1.82) is 10.5 Å². The molecule has 0 saturated carbocycles. The van der Waals surface area contributed by atoms with E-state index in [1.165, 1.54) is 0 Å². The molecule has 16 heavy (non-hydrogen) atoms. The number of hydrogen-bond acceptors (Lipinski definition) is 3. The molecule has 0 rings (SSSR count). The minimum Gasteiger partial charge on any atom is -0.197 e. The van der Waals surface area contributed by atoms with Crippen LogP contribution in [0.1, 0.15) is 32.6 Å². The first-order valence-electron chi connectivity index (χ1n) is 5.23. The first-order valence-corrected chi connectivity index (χ1v) is 5.23. The third-order valence-electron chi connectivity index (χ3n) is 2.27. The van der Waals surface area contributed by atoms with Gasteiger partial charge in [0.15, 0.2) is 0 Å². The Balaban J connectivity index is 4.35. The molecular formula is C11H15N5. The van der Waals surface area contributed by atoms with E-state index in [1.54, 1.807) is 0 Å². The molecule has 0 aliphatic carbocycles. The first kappa shape index (κ1) is 14.0. The van der Waals surface area contributed by atoms with E-state index in [0.29, 0.717) is 19.3 Å². The van der Waals surface area contributed by atoms with Gasteiger partial charge >= 0.3 is 0 Å². The first-order chi connectivity index (χ1) is 7.74. The van der Waals surface area contributed by atoms with Crippen molar-refractivity contribution in [1.82, 2.24) is 0 Å². The Kier molecular flexibility index (Phi) is 7.32. The van der Waals surface area contributed by atoms with Crippen LogP contribution in [0.3, 0.4) is 0 Å². The molecule has 0 aromatic heterocycles. The molecule has 0 bridgehead atoms. The molecule has 0 N–H and O–H groups in total. The van der Waals surface area contributed by atoms with E-state index in [9.17, 15) is 0 Å². The van der Waals surface area contributed by atoms with E-state index < -0.39 is 5.41 Å². The maximum Gasteiger partial charge on any atom is 0.144 e. The maximum absolute atomic E-state index is 9.00. The quantitative estimate of drug-likeness (QED) is 0.282. The van der Waals surface area contributed by atoms with Crippen LogP contribution in [0.5, 0.6) is 0 Å². The summed E-state index contributed by atoms with van der Waals surface area (Å²) in [5.74, 6) is 0. The van der Waals surface area contributed by atoms with E-state index >= 15 is 0 Å². The lowest BCUT2D eigenvalue weighted by Crippen LogP contribution is -2.17. The summed E-state index contributed by atoms with van der Waals surface area (Å²) in [6.07, 6.45) is 6.40. The predicted molar refractivity (Wildman–Crippen MR) is 61.0 cm³/mol. The van der Waals surface area contributed by atoms with Crippen molar-refractivity contribution in [2.75, 3.05) is 6.54 Å². The van der Waals surface area contributed by atoms with Gasteiger partial charge in [0.05, 0.1) is 12.1 Å². The summed E-state index contributed by atoms with van der Waals surface area (Å²) < 4.78 is 0. The molecule has 0 fully saturated rings. The van der Waals surface area contributed by atoms with E-state index in [2.05, 4.69) is 10.0 Å². The van der Waals surface area contributed by atoms with Crippen LogP contribution in [0.4, 0.5) is 0 Å². The maximum atomic E-state index is 9.00. The van der Waals surface area contributed by atoms with Crippen molar-refractivity contribution in [3.05, 3.63) is 22.6 Å². The van der Waals surface area contributed by atoms with E-state index in [4.69, 9.17) is 16.1 Å². The summed E-state index contributed by atoms with van der Waals surface area (Å²) in [5, 5.41) is 21.4. The molecule has 0 saturated heterocycles. The van der Waals surface area contributed by atoms with Crippen LogP contribution >= 0.6 is 0 Å². The van der Waals surface area contributed by atoms with Gasteiger partial charge in [-0.3, -0.25) is 0 Å². The largest absolute Gasteiger partial charge is 0.197 e. The fourth-order valence-electron chi connectivity index (χ4n) is 1.27. The average molecular weight is 217 g/mol. The van der Waals surface area contributed by atoms with Crippen molar-refractivity contribution in [3.8, 4) is 12.1 Å². The predicted octanol–water partition coefficient (Wildman–Crippen LogP) is 3.47. The van der Waals surface area contributed by atoms with Crippen LogP contribution in [-0.4, -0.2) is 6.54 Å². The summed E-state index contributed by atoms with van der Waals surface area (Å²) in [7, 11) is 0. The monoisotopic (exact) mass is 217 g/mol. The average Bonchev–Trinajstić information content (AvgIpc) is 2.33. The van der Waals surface area contributed by atoms with Crippen molar-refractivity contribution in [3.63, 3.8) is 0 Å². The molecule has 84 valence electrons. The smallest absolute Gasteiger partial charge is 0.144 e. The molecular weight excluding hydrogens is 202 g/mol. The fraction of sp³-hybridized carbons (Fsp3) is 0.636. The summed E-state index contributed by atoms with van der Waals surface area (Å²) in [6, 6.07) is 4.05. The fourth-order valence-corrected chi connectivity index (χ4v) is 1.27. The zero-order chi connectivity index (χ0) is 12.3. The molecule has 0 atom stereocenters. The standard InChI is InChI=1S/C11H15N5/c1-2-3-4-5-6-11(9-12,10-13)7-8-15-16-14/h3-4H,2,5-8H2,1H3/b4-3-. The van der Waals surface area contributed by atoms with Crippen LogP contribution in [0, 0.1) is 28.1 Å². The van der Waals surface area contributed by atoms with Gasteiger partial charge in [0, 0.05) is 11.5 Å². The minimum atomic E-state index is -1.02. The van der Waals surface area contributed by atoms with Crippen molar-refractivity contribution >= 4 is 0 Å². The second-order valence-electron chi connectivity index (χ2n) is 3.43. The highest BCUT2D eigenvalue weighted by molar-refractivity contribution is 5.14. The molecule has 0 aromatic rings. The van der Waals surface area contributed by atoms with E-state index in [1.807, 2.05) is 31.2 Å². The second-order valence-corrected chi connectivity index (χ2v) is 3.43. The van der Waals surface area contributed by atoms with Gasteiger partial charge in [-0.25, -0.2) is 0 Å². The zero-order valence-electron chi connectivity index (χ0n) is 9.43. The lowest BCUT2D eigenvalue weighted by atomic mass is 9.83. The van der Waals surface area contributed by atoms with Gasteiger partial charge in [-0.15, -0.1) is 0 Å². The molecule has 5 nitrogen and oxygen atoms in total. The van der Waals surface area contributed by atoms with Gasteiger partial charge in [0.1, 0.15) is 5.41 Å². The van der Waals surface area contributed by atoms with Crippen LogP contribution in [0.15, 0.2) is 17.3 Å². The van der Waals surface area contributed by atoms with Crippen LogP contribution in [0.25, 0.3) is 10.4 Å². The molecule has 5 heteroatoms. The summed E-state index contributed by atoms with van der Waals surface area (Å²) >= 11 is 0. The third kappa shape index (κ3) is 5.05. The lowest BCUT2D eigenvalue weighted by molar-refractivity contribution is 0.449. The molecule has 0 heterocycles. The third-order valence-corrected chi connectivity index (χ3v) is 2.27. The Labute approximate surface area is 95.6 Å². The highest BCUT2D eigenvalue weighted by atomic mass is 15.1. The topological polar surface area (TPSA) is 96.3 Å². The molecule has 0 amide bonds. The summed E-state index contributed by atoms with van der Waals surface area (Å²) in [6.45, 7) is 2.22. The van der Waals surface area contributed by atoms with Crippen molar-refractivity contribution in [2.45, 2.75) is 32.6 Å². The molecule has 0 spiro atoms. The minimum absolute atomic E-state index is 0.190. The normalized spacial score (nSPS) is 10.4. The Bertz CT molecular complexity index is 338. The second kappa shape index (κ2) is 8.35. The van der Waals surface area contributed by atoms with Crippen LogP contribution < -0.4 is 0 Å². The van der Waals surface area contributed by atoms with Crippen LogP contribution in [0.2, 0.25) is 0 Å². The van der Waals surface area contributed by atoms with Gasteiger partial charge in [0.2, 0.25) is 0 Å². The van der Waals surface area contributed by atoms with Gasteiger partial charge in [-0.1, -0.05) is 24.2 Å². The highest BCUT2D eigenvalue weighted by Gasteiger charge is 2.28. The van der Waals surface area contributed by atoms with Gasteiger partial charge in [-0.05, 0) is 31.2 Å².